The Morgan fingerprint density at radius 3 is 2.77 bits per heavy atom. The maximum Gasteiger partial charge on any atom is 0.135 e. The van der Waals surface area contributed by atoms with Gasteiger partial charge in [-0.05, 0) is 86.0 Å². The van der Waals surface area contributed by atoms with Crippen LogP contribution in [0.5, 0.6) is 0 Å². The smallest absolute Gasteiger partial charge is 0.135 e. The van der Waals surface area contributed by atoms with Crippen molar-refractivity contribution in [2.45, 2.75) is 32.7 Å². The van der Waals surface area contributed by atoms with E-state index < -0.39 is 0 Å². The van der Waals surface area contributed by atoms with Gasteiger partial charge in [-0.3, -0.25) is 15.0 Å². The highest BCUT2D eigenvalue weighted by molar-refractivity contribution is 5.92. The first-order valence-electron chi connectivity index (χ1n) is 13.4. The first kappa shape index (κ1) is 24.9. The van der Waals surface area contributed by atoms with Crippen molar-refractivity contribution in [1.29, 1.82) is 0 Å². The third-order valence-corrected chi connectivity index (χ3v) is 7.33. The zero-order valence-electron chi connectivity index (χ0n) is 22.0. The first-order chi connectivity index (χ1) is 19.1. The predicted molar refractivity (Wildman–Crippen MR) is 154 cm³/mol. The van der Waals surface area contributed by atoms with E-state index in [0.717, 1.165) is 75.7 Å². The number of rotatable bonds is 7. The van der Waals surface area contributed by atoms with Crippen LogP contribution in [-0.2, 0) is 6.54 Å². The molecule has 1 saturated heterocycles. The molecule has 1 aliphatic heterocycles. The number of nitrogens with one attached hydrogen (secondary N) is 2. The van der Waals surface area contributed by atoms with Crippen molar-refractivity contribution < 1.29 is 4.39 Å². The minimum atomic E-state index is -0.277. The van der Waals surface area contributed by atoms with Crippen molar-refractivity contribution in [3.05, 3.63) is 108 Å². The maximum absolute atomic E-state index is 14.0. The lowest BCUT2D eigenvalue weighted by Crippen LogP contribution is -2.29. The molecule has 0 atom stereocenters. The Balaban J connectivity index is 1.35. The molecular formula is C32H31FN6. The third kappa shape index (κ3) is 5.18. The van der Waals surface area contributed by atoms with Crippen molar-refractivity contribution in [2.24, 2.45) is 0 Å². The lowest BCUT2D eigenvalue weighted by atomic mass is 9.97. The molecule has 196 valence electrons. The molecule has 0 amide bonds. The van der Waals surface area contributed by atoms with Gasteiger partial charge in [0.2, 0.25) is 0 Å². The van der Waals surface area contributed by atoms with Crippen LogP contribution in [0.3, 0.4) is 0 Å². The van der Waals surface area contributed by atoms with E-state index in [-0.39, 0.29) is 5.82 Å². The molecule has 39 heavy (non-hydrogen) atoms. The van der Waals surface area contributed by atoms with Crippen LogP contribution >= 0.6 is 0 Å². The average molecular weight is 519 g/mol. The van der Waals surface area contributed by atoms with Crippen LogP contribution in [0, 0.1) is 12.7 Å². The summed E-state index contributed by atoms with van der Waals surface area (Å²) < 4.78 is 14.0. The van der Waals surface area contributed by atoms with Gasteiger partial charge in [-0.1, -0.05) is 37.3 Å². The number of fused-ring (bicyclic) bond motifs is 1. The summed E-state index contributed by atoms with van der Waals surface area (Å²) in [5.41, 5.74) is 9.82. The van der Waals surface area contributed by atoms with Gasteiger partial charge in [-0.25, -0.2) is 9.37 Å². The van der Waals surface area contributed by atoms with Crippen LogP contribution in [0.1, 0.15) is 41.6 Å². The molecule has 4 aromatic heterocycles. The number of nitrogens with zero attached hydrogens (tertiary/aromatic N) is 4. The Kier molecular flexibility index (Phi) is 6.90. The molecule has 6 rings (SSSR count). The maximum atomic E-state index is 14.0. The summed E-state index contributed by atoms with van der Waals surface area (Å²) in [6, 6.07) is 14.8. The van der Waals surface area contributed by atoms with Crippen molar-refractivity contribution in [2.75, 3.05) is 13.1 Å². The number of aryl methyl sites for hydroxylation is 1. The minimum absolute atomic E-state index is 0.277. The number of H-pyrrole nitrogens is 2. The fraction of sp³-hybridized carbons (Fsp3) is 0.219. The highest BCUT2D eigenvalue weighted by atomic mass is 19.1. The number of allylic oxidation sites excluding steroid dienone is 2. The molecule has 5 heterocycles. The molecule has 0 radical (unpaired) electrons. The van der Waals surface area contributed by atoms with Crippen LogP contribution in [0.2, 0.25) is 0 Å². The summed E-state index contributed by atoms with van der Waals surface area (Å²) in [6.07, 6.45) is 11.3. The molecule has 7 heteroatoms. The number of aromatic nitrogens is 5. The molecule has 0 saturated carbocycles. The minimum Gasteiger partial charge on any atom is -0.357 e. The molecule has 1 aliphatic rings. The van der Waals surface area contributed by atoms with Gasteiger partial charge in [-0.2, -0.15) is 5.10 Å². The molecule has 2 N–H and O–H groups in total. The molecule has 1 aromatic carbocycles. The van der Waals surface area contributed by atoms with E-state index >= 15 is 0 Å². The summed E-state index contributed by atoms with van der Waals surface area (Å²) in [7, 11) is 0. The molecule has 1 fully saturated rings. The number of halogens is 1. The van der Waals surface area contributed by atoms with Crippen molar-refractivity contribution in [1.82, 2.24) is 30.0 Å². The summed E-state index contributed by atoms with van der Waals surface area (Å²) in [4.78, 5) is 15.5. The second-order valence-corrected chi connectivity index (χ2v) is 10.1. The molecule has 6 nitrogen and oxygen atoms in total. The lowest BCUT2D eigenvalue weighted by molar-refractivity contribution is 0.220. The van der Waals surface area contributed by atoms with Gasteiger partial charge in [0.05, 0.1) is 16.9 Å². The quantitative estimate of drug-likeness (QED) is 0.226. The highest BCUT2D eigenvalue weighted by Gasteiger charge is 2.18. The Morgan fingerprint density at radius 1 is 1.08 bits per heavy atom. The number of hydrogen-bond donors (Lipinski definition) is 2. The normalized spacial score (nSPS) is 14.7. The molecule has 5 aromatic rings. The van der Waals surface area contributed by atoms with Gasteiger partial charge in [0.1, 0.15) is 17.0 Å². The Labute approximate surface area is 227 Å². The Bertz CT molecular complexity index is 1670. The van der Waals surface area contributed by atoms with E-state index in [9.17, 15) is 4.39 Å². The number of aromatic amines is 2. The molecule has 0 unspecified atom stereocenters. The first-order valence-corrected chi connectivity index (χ1v) is 13.4. The Hall–Kier alpha value is -4.36. The number of hydrogen-bond acceptors (Lipinski definition) is 4. The van der Waals surface area contributed by atoms with Gasteiger partial charge in [0.25, 0.3) is 0 Å². The van der Waals surface area contributed by atoms with E-state index in [1.54, 1.807) is 12.1 Å². The third-order valence-electron chi connectivity index (χ3n) is 7.33. The number of likely N-dealkylation sites (tertiary alicyclic amines) is 1. The monoisotopic (exact) mass is 518 g/mol. The van der Waals surface area contributed by atoms with Crippen LogP contribution in [0.15, 0.2) is 79.7 Å². The standard InChI is InChI=1S/C32H31FN6/c1-3-8-26(23-9-7-10-25(33)16-23)27-17-30(35-21(27)2)32-31-29(37-38-32)12-11-28(36-31)24-15-22(18-34-19-24)20-39-13-5-4-6-14-39/h3,7-12,15-19,35H,1,4-6,13-14,20H2,2H3,(H,37,38)/b26-8-. The van der Waals surface area contributed by atoms with E-state index in [1.165, 1.54) is 37.0 Å². The van der Waals surface area contributed by atoms with Crippen molar-refractivity contribution in [3.63, 3.8) is 0 Å². The zero-order valence-corrected chi connectivity index (χ0v) is 22.0. The summed E-state index contributed by atoms with van der Waals surface area (Å²) in [5.74, 6) is -0.277. The van der Waals surface area contributed by atoms with E-state index in [4.69, 9.17) is 4.98 Å². The predicted octanol–water partition coefficient (Wildman–Crippen LogP) is 7.07. The number of benzene rings is 1. The van der Waals surface area contributed by atoms with Crippen molar-refractivity contribution >= 4 is 16.6 Å². The van der Waals surface area contributed by atoms with E-state index in [2.05, 4.69) is 37.7 Å². The average Bonchev–Trinajstić information content (AvgIpc) is 3.55. The lowest BCUT2D eigenvalue weighted by Gasteiger charge is -2.26. The van der Waals surface area contributed by atoms with Crippen molar-refractivity contribution in [3.8, 4) is 22.6 Å². The van der Waals surface area contributed by atoms with Gasteiger partial charge in [0.15, 0.2) is 0 Å². The second-order valence-electron chi connectivity index (χ2n) is 10.1. The van der Waals surface area contributed by atoms with E-state index in [0.29, 0.717) is 0 Å². The number of piperidine rings is 1. The Morgan fingerprint density at radius 2 is 1.95 bits per heavy atom. The molecule has 0 bridgehead atoms. The summed E-state index contributed by atoms with van der Waals surface area (Å²) >= 11 is 0. The van der Waals surface area contributed by atoms with Crippen LogP contribution in [0.25, 0.3) is 39.3 Å². The molecule has 0 aliphatic carbocycles. The zero-order chi connectivity index (χ0) is 26.8. The number of pyridine rings is 2. The summed E-state index contributed by atoms with van der Waals surface area (Å²) in [6.45, 7) is 9.07. The van der Waals surface area contributed by atoms with Gasteiger partial charge in [-0.15, -0.1) is 0 Å². The SMILES string of the molecule is C=C/C=C(/c1cccc(F)c1)c1cc(-c2n[nH]c3ccc(-c4cncc(CN5CCCCC5)c4)nc23)[nH]c1C. The second kappa shape index (κ2) is 10.8. The van der Waals surface area contributed by atoms with E-state index in [1.807, 2.05) is 49.7 Å². The fourth-order valence-electron chi connectivity index (χ4n) is 5.42. The largest absolute Gasteiger partial charge is 0.357 e. The van der Waals surface area contributed by atoms with Gasteiger partial charge >= 0.3 is 0 Å². The van der Waals surface area contributed by atoms with Gasteiger partial charge < -0.3 is 4.98 Å². The molecule has 0 spiro atoms. The highest BCUT2D eigenvalue weighted by Crippen LogP contribution is 2.33. The topological polar surface area (TPSA) is 73.5 Å². The fourth-order valence-corrected chi connectivity index (χ4v) is 5.42. The van der Waals surface area contributed by atoms with Crippen LogP contribution in [-0.4, -0.2) is 43.1 Å². The van der Waals surface area contributed by atoms with Crippen LogP contribution < -0.4 is 0 Å². The van der Waals surface area contributed by atoms with Crippen LogP contribution in [0.4, 0.5) is 4.39 Å². The summed E-state index contributed by atoms with van der Waals surface area (Å²) in [5, 5.41) is 7.72. The molecular weight excluding hydrogens is 487 g/mol. The van der Waals surface area contributed by atoms with Gasteiger partial charge in [0, 0.05) is 35.8 Å².